The van der Waals surface area contributed by atoms with Crippen LogP contribution in [0.3, 0.4) is 0 Å². The Bertz CT molecular complexity index is 1260. The average molecular weight is 604 g/mol. The van der Waals surface area contributed by atoms with Crippen LogP contribution in [0.5, 0.6) is 5.75 Å². The molecule has 226 valence electrons. The summed E-state index contributed by atoms with van der Waals surface area (Å²) in [7, 11) is 0.415. The maximum Gasteiger partial charge on any atom is 0.127 e. The number of ether oxygens (including phenoxy) is 1. The second-order valence-corrected chi connectivity index (χ2v) is 18.2. The first-order chi connectivity index (χ1) is 20.3. The van der Waals surface area contributed by atoms with Crippen molar-refractivity contribution >= 4 is 24.2 Å². The van der Waals surface area contributed by atoms with E-state index in [0.29, 0.717) is 6.61 Å². The Labute approximate surface area is 258 Å². The average Bonchev–Trinajstić information content (AvgIpc) is 3.02. The summed E-state index contributed by atoms with van der Waals surface area (Å²) in [4.78, 5) is 0. The zero-order valence-corrected chi connectivity index (χ0v) is 27.8. The lowest BCUT2D eigenvalue weighted by Gasteiger charge is -2.42. The molecule has 2 saturated carbocycles. The summed E-state index contributed by atoms with van der Waals surface area (Å²) >= 11 is 0. The van der Waals surface area contributed by atoms with Crippen molar-refractivity contribution in [3.05, 3.63) is 95.6 Å². The van der Waals surface area contributed by atoms with E-state index in [-0.39, 0.29) is 10.8 Å². The molecule has 2 fully saturated rings. The minimum Gasteiger partial charge on any atom is -0.488 e. The van der Waals surface area contributed by atoms with E-state index >= 15 is 0 Å². The maximum atomic E-state index is 14.0. The zero-order valence-electron chi connectivity index (χ0n) is 26.1. The van der Waals surface area contributed by atoms with Crippen molar-refractivity contribution in [2.75, 3.05) is 7.05 Å². The van der Waals surface area contributed by atoms with Crippen LogP contribution in [-0.4, -0.2) is 31.6 Å². The summed E-state index contributed by atoms with van der Waals surface area (Å²) in [6.07, 6.45) is 13.4. The molecule has 0 heterocycles. The van der Waals surface area contributed by atoms with Crippen molar-refractivity contribution in [3.63, 3.8) is 0 Å². The second kappa shape index (κ2) is 14.7. The van der Waals surface area contributed by atoms with E-state index in [2.05, 4.69) is 111 Å². The van der Waals surface area contributed by atoms with Gasteiger partial charge in [-0.15, -0.1) is 0 Å². The highest BCUT2D eigenvalue weighted by Gasteiger charge is 2.39. The Morgan fingerprint density at radius 1 is 0.786 bits per heavy atom. The molecule has 0 radical (unpaired) electrons. The number of benzene rings is 3. The van der Waals surface area contributed by atoms with Crippen molar-refractivity contribution < 1.29 is 8.95 Å². The first kappa shape index (κ1) is 31.4. The van der Waals surface area contributed by atoms with Crippen LogP contribution in [-0.2, 0) is 17.6 Å². The minimum atomic E-state index is -1.18. The van der Waals surface area contributed by atoms with Crippen LogP contribution in [0, 0.1) is 0 Å². The van der Waals surface area contributed by atoms with Gasteiger partial charge in [-0.3, -0.25) is 0 Å². The molecule has 42 heavy (non-hydrogen) atoms. The van der Waals surface area contributed by atoms with Crippen molar-refractivity contribution in [1.29, 1.82) is 0 Å². The van der Waals surface area contributed by atoms with Crippen LogP contribution in [0.4, 0.5) is 0 Å². The van der Waals surface area contributed by atoms with Gasteiger partial charge in [-0.25, -0.2) is 8.51 Å². The molecule has 0 amide bonds. The molecule has 3 nitrogen and oxygen atoms in total. The molecule has 0 N–H and O–H groups in total. The Balaban J connectivity index is 1.69. The lowest BCUT2D eigenvalue weighted by molar-refractivity contribution is 0.308. The number of nitrogens with zero attached hydrogens (tertiary/aromatic N) is 1. The quantitative estimate of drug-likeness (QED) is 0.216. The topological polar surface area (TPSA) is 29.5 Å². The summed E-state index contributed by atoms with van der Waals surface area (Å²) in [6.45, 7) is 6.81. The predicted molar refractivity (Wildman–Crippen MR) is 181 cm³/mol. The minimum absolute atomic E-state index is 0.112. The third-order valence-electron chi connectivity index (χ3n) is 9.02. The van der Waals surface area contributed by atoms with Crippen LogP contribution < -0.4 is 10.0 Å². The first-order valence-electron chi connectivity index (χ1n) is 16.1. The fourth-order valence-electron chi connectivity index (χ4n) is 7.02. The fourth-order valence-corrected chi connectivity index (χ4v) is 12.4. The summed E-state index contributed by atoms with van der Waals surface area (Å²) in [5.41, 5.74) is 5.15. The van der Waals surface area contributed by atoms with Gasteiger partial charge in [0.15, 0.2) is 0 Å². The number of rotatable bonds is 10. The number of hydrogen-bond donors (Lipinski definition) is 0. The van der Waals surface area contributed by atoms with Gasteiger partial charge in [0.1, 0.15) is 23.3 Å². The molecular formula is C37H50NO2PS. The van der Waals surface area contributed by atoms with Gasteiger partial charge < -0.3 is 4.74 Å². The van der Waals surface area contributed by atoms with Crippen molar-refractivity contribution in [3.8, 4) is 5.75 Å². The fraction of sp³-hybridized carbons (Fsp3) is 0.514. The van der Waals surface area contributed by atoms with Gasteiger partial charge in [0, 0.05) is 12.4 Å². The molecule has 2 aliphatic rings. The third-order valence-corrected chi connectivity index (χ3v) is 14.4. The molecular weight excluding hydrogens is 553 g/mol. The molecule has 0 aliphatic heterocycles. The molecule has 0 saturated heterocycles. The smallest absolute Gasteiger partial charge is 0.127 e. The molecule has 2 atom stereocenters. The highest BCUT2D eigenvalue weighted by Crippen LogP contribution is 2.58. The molecule has 3 aromatic carbocycles. The molecule has 3 aromatic rings. The van der Waals surface area contributed by atoms with Crippen molar-refractivity contribution in [2.45, 2.75) is 114 Å². The van der Waals surface area contributed by atoms with E-state index < -0.39 is 18.9 Å². The predicted octanol–water partition coefficient (Wildman–Crippen LogP) is 9.52. The van der Waals surface area contributed by atoms with Crippen LogP contribution in [0.1, 0.15) is 108 Å². The monoisotopic (exact) mass is 603 g/mol. The van der Waals surface area contributed by atoms with E-state index in [0.717, 1.165) is 17.1 Å². The lowest BCUT2D eigenvalue weighted by atomic mass is 9.98. The van der Waals surface area contributed by atoms with Crippen LogP contribution in [0.2, 0.25) is 0 Å². The lowest BCUT2D eigenvalue weighted by Crippen LogP contribution is -2.40. The van der Waals surface area contributed by atoms with E-state index in [1.165, 1.54) is 86.2 Å². The molecule has 5 heteroatoms. The van der Waals surface area contributed by atoms with Crippen LogP contribution >= 0.6 is 7.92 Å². The van der Waals surface area contributed by atoms with Gasteiger partial charge in [0.05, 0.1) is 10.8 Å². The molecule has 0 bridgehead atoms. The molecule has 5 rings (SSSR count). The van der Waals surface area contributed by atoms with E-state index in [1.54, 1.807) is 0 Å². The van der Waals surface area contributed by atoms with Gasteiger partial charge in [-0.05, 0) is 80.5 Å². The molecule has 2 aliphatic carbocycles. The SMILES string of the molecule is CN(C(c1ccccc1)c1cccc(OCc2ccccc2)c1P(C1CCCCC1)C1CCCCC1)[S@](=O)C(C)(C)C. The standard InChI is InChI=1S/C37H50NO2PS/c1-37(2,3)42(39)38(4)35(30-20-11-6-12-21-30)33-26-17-27-34(40-28-29-18-9-5-10-19-29)36(33)41(31-22-13-7-14-23-31)32-24-15-8-16-25-32/h5-6,9-12,17-21,26-27,31-32,35H,7-8,13-16,22-25,28H2,1-4H3/t35?,42-/m1/s1. The van der Waals surface area contributed by atoms with E-state index in [4.69, 9.17) is 4.74 Å². The van der Waals surface area contributed by atoms with Crippen molar-refractivity contribution in [2.24, 2.45) is 0 Å². The van der Waals surface area contributed by atoms with Crippen molar-refractivity contribution in [1.82, 2.24) is 4.31 Å². The normalized spacial score (nSPS) is 18.7. The van der Waals surface area contributed by atoms with Crippen LogP contribution in [0.25, 0.3) is 0 Å². The Morgan fingerprint density at radius 3 is 1.88 bits per heavy atom. The van der Waals surface area contributed by atoms with E-state index in [9.17, 15) is 4.21 Å². The van der Waals surface area contributed by atoms with Gasteiger partial charge in [0.25, 0.3) is 0 Å². The first-order valence-corrected chi connectivity index (χ1v) is 18.7. The molecule has 1 unspecified atom stereocenters. The Morgan fingerprint density at radius 2 is 1.33 bits per heavy atom. The highest BCUT2D eigenvalue weighted by molar-refractivity contribution is 7.84. The highest BCUT2D eigenvalue weighted by atomic mass is 32.2. The number of hydrogen-bond acceptors (Lipinski definition) is 2. The van der Waals surface area contributed by atoms with E-state index in [1.807, 2.05) is 0 Å². The summed E-state index contributed by atoms with van der Waals surface area (Å²) < 4.78 is 22.7. The van der Waals surface area contributed by atoms with Gasteiger partial charge >= 0.3 is 0 Å². The summed E-state index contributed by atoms with van der Waals surface area (Å²) in [5, 5.41) is 1.45. The Kier molecular flexibility index (Phi) is 11.0. The maximum absolute atomic E-state index is 14.0. The third kappa shape index (κ3) is 7.55. The molecule has 0 spiro atoms. The zero-order chi connectivity index (χ0) is 29.5. The van der Waals surface area contributed by atoms with Gasteiger partial charge in [-0.2, -0.15) is 0 Å². The second-order valence-electron chi connectivity index (χ2n) is 13.2. The summed E-state index contributed by atoms with van der Waals surface area (Å²) in [5.74, 6) is 1.05. The molecule has 0 aromatic heterocycles. The van der Waals surface area contributed by atoms with Gasteiger partial charge in [-0.1, -0.05) is 119 Å². The van der Waals surface area contributed by atoms with Crippen LogP contribution in [0.15, 0.2) is 78.9 Å². The summed E-state index contributed by atoms with van der Waals surface area (Å²) in [6, 6.07) is 27.9. The van der Waals surface area contributed by atoms with Gasteiger partial charge in [0.2, 0.25) is 0 Å². The Hall–Kier alpha value is -2.00. The largest absolute Gasteiger partial charge is 0.488 e.